The third kappa shape index (κ3) is 3.14. The molecule has 3 heteroatoms. The summed E-state index contributed by atoms with van der Waals surface area (Å²) in [6, 6.07) is 0. The molecule has 0 aliphatic carbocycles. The van der Waals surface area contributed by atoms with E-state index in [9.17, 15) is 0 Å². The molecule has 0 aliphatic heterocycles. The van der Waals surface area contributed by atoms with Gasteiger partial charge in [-0.05, 0) is 27.9 Å². The first kappa shape index (κ1) is 9.35. The number of rotatable bonds is 3. The number of aliphatic hydroxyl groups excluding tert-OH is 2. The van der Waals surface area contributed by atoms with Crippen molar-refractivity contribution < 1.29 is 10.2 Å². The van der Waals surface area contributed by atoms with Crippen molar-refractivity contribution in [1.82, 2.24) is 0 Å². The Morgan fingerprint density at radius 3 is 1.56 bits per heavy atom. The van der Waals surface area contributed by atoms with E-state index in [2.05, 4.69) is 0 Å². The van der Waals surface area contributed by atoms with Crippen LogP contribution in [0.5, 0.6) is 0 Å². The first-order valence-electron chi connectivity index (χ1n) is 3.21. The quantitative estimate of drug-likeness (QED) is 0.593. The van der Waals surface area contributed by atoms with Crippen molar-refractivity contribution in [2.45, 2.75) is 32.5 Å². The van der Waals surface area contributed by atoms with E-state index in [0.29, 0.717) is 0 Å². The Morgan fingerprint density at radius 1 is 1.22 bits per heavy atom. The van der Waals surface area contributed by atoms with Crippen LogP contribution < -0.4 is 0 Å². The highest BCUT2D eigenvalue weighted by molar-refractivity contribution is 7.58. The molecule has 0 amide bonds. The molecular formula is C6H15O2P. The van der Waals surface area contributed by atoms with Gasteiger partial charge >= 0.3 is 0 Å². The van der Waals surface area contributed by atoms with Gasteiger partial charge in [0.25, 0.3) is 0 Å². The van der Waals surface area contributed by atoms with Crippen LogP contribution in [0.1, 0.15) is 20.8 Å². The lowest BCUT2D eigenvalue weighted by molar-refractivity contribution is 0.244. The maximum absolute atomic E-state index is 9.05. The summed E-state index contributed by atoms with van der Waals surface area (Å²) in [4.78, 5) is 0. The normalized spacial score (nSPS) is 21.0. The molecule has 0 aromatic carbocycles. The summed E-state index contributed by atoms with van der Waals surface area (Å²) >= 11 is 0. The highest BCUT2D eigenvalue weighted by Crippen LogP contribution is 2.42. The van der Waals surface area contributed by atoms with Crippen molar-refractivity contribution >= 4 is 7.92 Å². The summed E-state index contributed by atoms with van der Waals surface area (Å²) in [5, 5.41) is 18.1. The zero-order chi connectivity index (χ0) is 7.44. The molecule has 0 spiro atoms. The van der Waals surface area contributed by atoms with Gasteiger partial charge in [-0.15, -0.1) is 0 Å². The van der Waals surface area contributed by atoms with Crippen LogP contribution in [0.15, 0.2) is 0 Å². The molecule has 0 bridgehead atoms. The zero-order valence-corrected chi connectivity index (χ0v) is 7.10. The summed E-state index contributed by atoms with van der Waals surface area (Å²) in [6.07, 6.45) is 0.894. The van der Waals surface area contributed by atoms with Gasteiger partial charge in [0, 0.05) is 0 Å². The summed E-state index contributed by atoms with van der Waals surface area (Å²) in [5.74, 6) is -0.657. The zero-order valence-electron chi connectivity index (χ0n) is 6.20. The number of aliphatic hydroxyl groups is 2. The standard InChI is InChI=1S/C6H15O2P/c1-4-9(5(2)7)6(3)8/h5-8H,4H2,1-3H3. The summed E-state index contributed by atoms with van der Waals surface area (Å²) in [7, 11) is -0.565. The first-order valence-corrected chi connectivity index (χ1v) is 4.88. The van der Waals surface area contributed by atoms with Crippen molar-refractivity contribution in [1.29, 1.82) is 0 Å². The summed E-state index contributed by atoms with van der Waals surface area (Å²) < 4.78 is 0. The molecule has 0 aromatic rings. The van der Waals surface area contributed by atoms with Gasteiger partial charge in [0.2, 0.25) is 0 Å². The Kier molecular flexibility index (Phi) is 4.37. The molecule has 2 nitrogen and oxygen atoms in total. The average molecular weight is 150 g/mol. The predicted molar refractivity (Wildman–Crippen MR) is 40.8 cm³/mol. The minimum absolute atomic E-state index is 0.329. The van der Waals surface area contributed by atoms with Crippen molar-refractivity contribution in [2.24, 2.45) is 0 Å². The van der Waals surface area contributed by atoms with Gasteiger partial charge in [-0.2, -0.15) is 0 Å². The third-order valence-electron chi connectivity index (χ3n) is 1.33. The lowest BCUT2D eigenvalue weighted by atomic mass is 10.8. The van der Waals surface area contributed by atoms with E-state index >= 15 is 0 Å². The third-order valence-corrected chi connectivity index (χ3v) is 3.98. The van der Waals surface area contributed by atoms with Crippen LogP contribution in [0.4, 0.5) is 0 Å². The SMILES string of the molecule is CCP(C(C)O)C(C)O. The first-order chi connectivity index (χ1) is 4.09. The Morgan fingerprint density at radius 2 is 1.56 bits per heavy atom. The van der Waals surface area contributed by atoms with Gasteiger partial charge in [0.1, 0.15) is 0 Å². The highest BCUT2D eigenvalue weighted by atomic mass is 31.1. The van der Waals surface area contributed by atoms with Gasteiger partial charge < -0.3 is 10.2 Å². The fraction of sp³-hybridized carbons (Fsp3) is 1.00. The predicted octanol–water partition coefficient (Wildman–Crippen LogP) is 1.16. The minimum atomic E-state index is -0.565. The Bertz CT molecular complexity index is 65.5. The molecule has 0 saturated heterocycles. The van der Waals surface area contributed by atoms with Gasteiger partial charge in [0.05, 0.1) is 11.7 Å². The second-order valence-corrected chi connectivity index (χ2v) is 5.25. The highest BCUT2D eigenvalue weighted by Gasteiger charge is 2.16. The summed E-state index contributed by atoms with van der Waals surface area (Å²) in [6.45, 7) is 5.47. The van der Waals surface area contributed by atoms with Gasteiger partial charge in [-0.1, -0.05) is 6.92 Å². The molecule has 0 heterocycles. The minimum Gasteiger partial charge on any atom is -0.389 e. The van der Waals surface area contributed by atoms with Crippen LogP contribution in [0.3, 0.4) is 0 Å². The van der Waals surface area contributed by atoms with Gasteiger partial charge in [-0.25, -0.2) is 0 Å². The molecular weight excluding hydrogens is 135 g/mol. The largest absolute Gasteiger partial charge is 0.389 e. The van der Waals surface area contributed by atoms with Crippen LogP contribution in [0, 0.1) is 0 Å². The number of hydrogen-bond acceptors (Lipinski definition) is 2. The van der Waals surface area contributed by atoms with Crippen molar-refractivity contribution in [2.75, 3.05) is 6.16 Å². The molecule has 0 radical (unpaired) electrons. The van der Waals surface area contributed by atoms with Crippen molar-refractivity contribution in [3.8, 4) is 0 Å². The van der Waals surface area contributed by atoms with E-state index in [-0.39, 0.29) is 11.7 Å². The van der Waals surface area contributed by atoms with E-state index in [0.717, 1.165) is 6.16 Å². The van der Waals surface area contributed by atoms with Crippen LogP contribution in [0.25, 0.3) is 0 Å². The maximum Gasteiger partial charge on any atom is 0.0727 e. The number of hydrogen-bond donors (Lipinski definition) is 2. The van der Waals surface area contributed by atoms with E-state index in [1.54, 1.807) is 13.8 Å². The van der Waals surface area contributed by atoms with Crippen LogP contribution in [-0.2, 0) is 0 Å². The van der Waals surface area contributed by atoms with Crippen molar-refractivity contribution in [3.05, 3.63) is 0 Å². The molecule has 2 N–H and O–H groups in total. The van der Waals surface area contributed by atoms with E-state index < -0.39 is 7.92 Å². The van der Waals surface area contributed by atoms with Gasteiger partial charge in [0.15, 0.2) is 0 Å². The average Bonchev–Trinajstić information content (AvgIpc) is 1.64. The molecule has 2 atom stereocenters. The van der Waals surface area contributed by atoms with E-state index in [1.165, 1.54) is 0 Å². The Balaban J connectivity index is 3.68. The second kappa shape index (κ2) is 4.21. The lowest BCUT2D eigenvalue weighted by Crippen LogP contribution is -2.09. The fourth-order valence-electron chi connectivity index (χ4n) is 0.841. The van der Waals surface area contributed by atoms with Gasteiger partial charge in [-0.3, -0.25) is 0 Å². The molecule has 0 fully saturated rings. The monoisotopic (exact) mass is 150 g/mol. The van der Waals surface area contributed by atoms with E-state index in [4.69, 9.17) is 10.2 Å². The molecule has 2 unspecified atom stereocenters. The van der Waals surface area contributed by atoms with Crippen LogP contribution in [0.2, 0.25) is 0 Å². The molecule has 56 valence electrons. The molecule has 0 saturated carbocycles. The lowest BCUT2D eigenvalue weighted by Gasteiger charge is -2.21. The topological polar surface area (TPSA) is 40.5 Å². The molecule has 0 aromatic heterocycles. The Labute approximate surface area is 57.7 Å². The molecule has 0 aliphatic rings. The van der Waals surface area contributed by atoms with E-state index in [1.807, 2.05) is 6.92 Å². The van der Waals surface area contributed by atoms with Crippen LogP contribution in [-0.4, -0.2) is 28.1 Å². The van der Waals surface area contributed by atoms with Crippen molar-refractivity contribution in [3.63, 3.8) is 0 Å². The smallest absolute Gasteiger partial charge is 0.0727 e. The maximum atomic E-state index is 9.05. The van der Waals surface area contributed by atoms with Crippen LogP contribution >= 0.6 is 7.92 Å². The summed E-state index contributed by atoms with van der Waals surface area (Å²) in [5.41, 5.74) is 0. The fourth-order valence-corrected chi connectivity index (χ4v) is 2.52. The second-order valence-electron chi connectivity index (χ2n) is 2.09. The Hall–Kier alpha value is 0.350. The molecule has 0 rings (SSSR count). The molecule has 9 heavy (non-hydrogen) atoms.